The standard InChI is InChI=1S/C36H45O3P/c1-24(2)15-17-39-35-23-32(11-14-36(35)40-37)38-18-16-31(9-12-33-27(5)19-25(3)20-28(33)6)10-13-34-29(7)21-26(4)22-30(34)8/h9-14,19-24,31H,15-18H2,1-8H3/p+1. The van der Waals surface area contributed by atoms with Crippen molar-refractivity contribution in [2.45, 2.75) is 68.2 Å². The Morgan fingerprint density at radius 2 is 1.20 bits per heavy atom. The molecule has 212 valence electrons. The molecule has 3 aromatic rings. The van der Waals surface area contributed by atoms with Crippen molar-refractivity contribution < 1.29 is 14.0 Å². The Bertz CT molecular complexity index is 1250. The van der Waals surface area contributed by atoms with Crippen molar-refractivity contribution >= 4 is 25.9 Å². The van der Waals surface area contributed by atoms with Crippen LogP contribution in [-0.2, 0) is 4.57 Å². The number of hydrogen-bond donors (Lipinski definition) is 0. The molecule has 0 saturated carbocycles. The lowest BCUT2D eigenvalue weighted by atomic mass is 9.95. The largest absolute Gasteiger partial charge is 0.493 e. The maximum Gasteiger partial charge on any atom is 0.367 e. The number of hydrogen-bond acceptors (Lipinski definition) is 3. The Balaban J connectivity index is 1.79. The van der Waals surface area contributed by atoms with Crippen LogP contribution in [0.4, 0.5) is 0 Å². The molecule has 0 heterocycles. The van der Waals surface area contributed by atoms with Crippen molar-refractivity contribution in [3.8, 4) is 11.5 Å². The van der Waals surface area contributed by atoms with Gasteiger partial charge in [0.25, 0.3) is 0 Å². The van der Waals surface area contributed by atoms with Crippen LogP contribution in [0, 0.1) is 53.4 Å². The smallest absolute Gasteiger partial charge is 0.367 e. The maximum absolute atomic E-state index is 11.7. The first kappa shape index (κ1) is 31.4. The summed E-state index contributed by atoms with van der Waals surface area (Å²) in [6.07, 6.45) is 10.9. The minimum Gasteiger partial charge on any atom is -0.493 e. The van der Waals surface area contributed by atoms with Crippen LogP contribution >= 0.6 is 8.46 Å². The van der Waals surface area contributed by atoms with E-state index in [0.717, 1.165) is 18.6 Å². The molecule has 4 heteroatoms. The Morgan fingerprint density at radius 1 is 0.700 bits per heavy atom. The van der Waals surface area contributed by atoms with E-state index in [-0.39, 0.29) is 5.92 Å². The molecule has 3 nitrogen and oxygen atoms in total. The maximum atomic E-state index is 11.7. The summed E-state index contributed by atoms with van der Waals surface area (Å²) in [5.41, 5.74) is 10.3. The van der Waals surface area contributed by atoms with Gasteiger partial charge in [0.15, 0.2) is 5.75 Å². The molecule has 0 N–H and O–H groups in total. The van der Waals surface area contributed by atoms with Crippen LogP contribution in [0.1, 0.15) is 71.2 Å². The fraction of sp³-hybridized carbons (Fsp3) is 0.389. The van der Waals surface area contributed by atoms with Gasteiger partial charge in [0.2, 0.25) is 5.30 Å². The predicted molar refractivity (Wildman–Crippen MR) is 173 cm³/mol. The van der Waals surface area contributed by atoms with Crippen LogP contribution in [0.2, 0.25) is 0 Å². The van der Waals surface area contributed by atoms with Crippen LogP contribution in [0.15, 0.2) is 54.6 Å². The van der Waals surface area contributed by atoms with E-state index in [2.05, 4.69) is 104 Å². The number of allylic oxidation sites excluding steroid dienone is 2. The summed E-state index contributed by atoms with van der Waals surface area (Å²) >= 11 is 0. The highest BCUT2D eigenvalue weighted by atomic mass is 31.1. The van der Waals surface area contributed by atoms with Gasteiger partial charge in [-0.3, -0.25) is 0 Å². The summed E-state index contributed by atoms with van der Waals surface area (Å²) in [6, 6.07) is 14.6. The minimum absolute atomic E-state index is 0.198. The van der Waals surface area contributed by atoms with Gasteiger partial charge < -0.3 is 9.47 Å². The summed E-state index contributed by atoms with van der Waals surface area (Å²) in [4.78, 5) is 0. The zero-order valence-corrected chi connectivity index (χ0v) is 26.6. The monoisotopic (exact) mass is 557 g/mol. The topological polar surface area (TPSA) is 35.5 Å². The second-order valence-electron chi connectivity index (χ2n) is 11.4. The van der Waals surface area contributed by atoms with Gasteiger partial charge in [0, 0.05) is 6.07 Å². The second kappa shape index (κ2) is 15.0. The van der Waals surface area contributed by atoms with Crippen molar-refractivity contribution in [2.75, 3.05) is 13.2 Å². The molecule has 0 aliphatic rings. The van der Waals surface area contributed by atoms with Crippen LogP contribution in [-0.4, -0.2) is 13.2 Å². The van der Waals surface area contributed by atoms with E-state index < -0.39 is 8.46 Å². The van der Waals surface area contributed by atoms with E-state index in [9.17, 15) is 4.57 Å². The van der Waals surface area contributed by atoms with Crippen LogP contribution in [0.5, 0.6) is 11.5 Å². The van der Waals surface area contributed by atoms with E-state index in [4.69, 9.17) is 9.47 Å². The van der Waals surface area contributed by atoms with Crippen molar-refractivity contribution in [1.29, 1.82) is 0 Å². The lowest BCUT2D eigenvalue weighted by Crippen LogP contribution is -2.08. The zero-order valence-electron chi connectivity index (χ0n) is 25.6. The van der Waals surface area contributed by atoms with Gasteiger partial charge in [-0.05, 0) is 112 Å². The molecule has 40 heavy (non-hydrogen) atoms. The highest BCUT2D eigenvalue weighted by Gasteiger charge is 2.13. The summed E-state index contributed by atoms with van der Waals surface area (Å²) < 4.78 is 23.8. The number of benzene rings is 3. The van der Waals surface area contributed by atoms with Gasteiger partial charge in [0.05, 0.1) is 13.2 Å². The summed E-state index contributed by atoms with van der Waals surface area (Å²) in [5.74, 6) is 2.14. The number of rotatable bonds is 13. The molecule has 1 unspecified atom stereocenters. The van der Waals surface area contributed by atoms with E-state index in [0.29, 0.717) is 30.2 Å². The molecule has 1 atom stereocenters. The molecular formula is C36H46O3P+. The van der Waals surface area contributed by atoms with Crippen LogP contribution < -0.4 is 14.8 Å². The van der Waals surface area contributed by atoms with E-state index in [1.165, 1.54) is 44.5 Å². The van der Waals surface area contributed by atoms with Crippen molar-refractivity contribution in [3.05, 3.63) is 99.1 Å². The molecule has 0 radical (unpaired) electrons. The zero-order chi connectivity index (χ0) is 29.2. The minimum atomic E-state index is -0.554. The van der Waals surface area contributed by atoms with E-state index in [1.54, 1.807) is 0 Å². The summed E-state index contributed by atoms with van der Waals surface area (Å²) in [7, 11) is -0.554. The average molecular weight is 558 g/mol. The normalized spacial score (nSPS) is 12.6. The van der Waals surface area contributed by atoms with Crippen molar-refractivity contribution in [1.82, 2.24) is 0 Å². The highest BCUT2D eigenvalue weighted by molar-refractivity contribution is 7.34. The molecule has 3 aromatic carbocycles. The Morgan fingerprint density at radius 3 is 1.68 bits per heavy atom. The fourth-order valence-electron chi connectivity index (χ4n) is 5.12. The third kappa shape index (κ3) is 9.20. The molecule has 0 aliphatic heterocycles. The second-order valence-corrected chi connectivity index (χ2v) is 12.2. The molecule has 0 fully saturated rings. The molecule has 0 aliphatic carbocycles. The molecular weight excluding hydrogens is 511 g/mol. The third-order valence-corrected chi connectivity index (χ3v) is 7.86. The summed E-state index contributed by atoms with van der Waals surface area (Å²) in [5, 5.41) is 0.701. The highest BCUT2D eigenvalue weighted by Crippen LogP contribution is 2.25. The van der Waals surface area contributed by atoms with Gasteiger partial charge in [0.1, 0.15) is 5.75 Å². The van der Waals surface area contributed by atoms with Crippen molar-refractivity contribution in [2.24, 2.45) is 11.8 Å². The van der Waals surface area contributed by atoms with Gasteiger partial charge in [-0.1, -0.05) is 78.1 Å². The quantitative estimate of drug-likeness (QED) is 0.196. The lowest BCUT2D eigenvalue weighted by Gasteiger charge is -2.14. The Hall–Kier alpha value is -3.16. The number of aryl methyl sites for hydroxylation is 6. The Labute approximate surface area is 243 Å². The van der Waals surface area contributed by atoms with E-state index in [1.807, 2.05) is 18.2 Å². The van der Waals surface area contributed by atoms with E-state index >= 15 is 0 Å². The molecule has 0 bridgehead atoms. The van der Waals surface area contributed by atoms with Crippen LogP contribution in [0.3, 0.4) is 0 Å². The Kier molecular flexibility index (Phi) is 11.8. The summed E-state index contributed by atoms with van der Waals surface area (Å²) in [6.45, 7) is 18.5. The van der Waals surface area contributed by atoms with Gasteiger partial charge in [-0.25, -0.2) is 0 Å². The fourth-order valence-corrected chi connectivity index (χ4v) is 5.51. The van der Waals surface area contributed by atoms with Crippen molar-refractivity contribution in [3.63, 3.8) is 0 Å². The molecule has 0 saturated heterocycles. The predicted octanol–water partition coefficient (Wildman–Crippen LogP) is 9.42. The number of ether oxygens (including phenoxy) is 2. The van der Waals surface area contributed by atoms with Gasteiger partial charge >= 0.3 is 8.46 Å². The SMILES string of the molecule is Cc1cc(C)c(C=CC(C=Cc2c(C)cc(C)cc2C)CCOc2ccc([PH+]=O)c(OCCC(C)C)c2)c(C)c1. The lowest BCUT2D eigenvalue weighted by molar-refractivity contribution is 0.282. The first-order valence-electron chi connectivity index (χ1n) is 14.4. The van der Waals surface area contributed by atoms with Gasteiger partial charge in [-0.15, -0.1) is 0 Å². The first-order chi connectivity index (χ1) is 19.1. The molecule has 0 spiro atoms. The van der Waals surface area contributed by atoms with Crippen LogP contribution in [0.25, 0.3) is 12.2 Å². The molecule has 0 amide bonds. The average Bonchev–Trinajstić information content (AvgIpc) is 2.87. The molecule has 3 rings (SSSR count). The van der Waals surface area contributed by atoms with Gasteiger partial charge in [-0.2, -0.15) is 0 Å². The third-order valence-electron chi connectivity index (χ3n) is 7.23. The molecule has 0 aromatic heterocycles. The first-order valence-corrected chi connectivity index (χ1v) is 15.3.